The summed E-state index contributed by atoms with van der Waals surface area (Å²) in [5, 5.41) is 5.20. The first-order valence-electron chi connectivity index (χ1n) is 2.27. The maximum Gasteiger partial charge on any atom is 0.108 e. The third-order valence-electron chi connectivity index (χ3n) is 0.717. The van der Waals surface area contributed by atoms with Crippen LogP contribution in [0.25, 0.3) is 10.4 Å². The molecular weight excluding hydrogens is 136 g/mol. The van der Waals surface area contributed by atoms with Gasteiger partial charge in [0.25, 0.3) is 0 Å². The first kappa shape index (κ1) is 6.07. The molecule has 0 spiro atoms. The van der Waals surface area contributed by atoms with Crippen LogP contribution in [-0.4, -0.2) is 0 Å². The Kier molecular flexibility index (Phi) is 2.06. The average Bonchev–Trinajstić information content (AvgIpc) is 1.91. The third kappa shape index (κ3) is 1.71. The molecule has 0 aromatic heterocycles. The number of nitrogens with one attached hydrogen (secondary N) is 1. The fourth-order valence-corrected chi connectivity index (χ4v) is 0.855. The average molecular weight is 140 g/mol. The molecule has 0 aliphatic carbocycles. The molecule has 5 heteroatoms. The zero-order chi connectivity index (χ0) is 6.53. The van der Waals surface area contributed by atoms with Crippen LogP contribution in [0, 0.1) is 0 Å². The van der Waals surface area contributed by atoms with Gasteiger partial charge >= 0.3 is 0 Å². The van der Waals surface area contributed by atoms with Gasteiger partial charge < -0.3 is 4.72 Å². The van der Waals surface area contributed by atoms with E-state index in [1.54, 1.807) is 6.08 Å². The Bertz CT molecular complexity index is 201. The number of hydrogen-bond acceptors (Lipinski definition) is 3. The lowest BCUT2D eigenvalue weighted by atomic mass is 10.5. The minimum atomic E-state index is 0.546. The largest absolute Gasteiger partial charge is 0.324 e. The summed E-state index contributed by atoms with van der Waals surface area (Å²) in [6, 6.07) is 0. The van der Waals surface area contributed by atoms with Crippen LogP contribution in [0.15, 0.2) is 28.5 Å². The van der Waals surface area contributed by atoms with Crippen LogP contribution in [0.4, 0.5) is 0 Å². The molecule has 1 rings (SSSR count). The number of rotatable bonds is 1. The molecule has 9 heavy (non-hydrogen) atoms. The van der Waals surface area contributed by atoms with E-state index in [0.29, 0.717) is 5.82 Å². The summed E-state index contributed by atoms with van der Waals surface area (Å²) in [6.07, 6.45) is 3.52. The molecular formula is C4H4N4S. The number of hydrogen-bond donors (Lipinski definition) is 1. The molecule has 0 saturated carbocycles. The minimum absolute atomic E-state index is 0.546. The van der Waals surface area contributed by atoms with Crippen molar-refractivity contribution in [1.29, 1.82) is 0 Å². The van der Waals surface area contributed by atoms with Gasteiger partial charge in [0.2, 0.25) is 0 Å². The number of allylic oxidation sites excluding steroid dienone is 2. The lowest BCUT2D eigenvalue weighted by Gasteiger charge is -2.02. The highest BCUT2D eigenvalue weighted by Crippen LogP contribution is 2.08. The molecule has 0 unspecified atom stereocenters. The molecule has 1 aliphatic rings. The zero-order valence-corrected chi connectivity index (χ0v) is 5.30. The summed E-state index contributed by atoms with van der Waals surface area (Å²) in [6.45, 7) is 0. The predicted octanol–water partition coefficient (Wildman–Crippen LogP) is 1.90. The Hall–Kier alpha value is -1.06. The van der Waals surface area contributed by atoms with Gasteiger partial charge in [0.15, 0.2) is 0 Å². The topological polar surface area (TPSA) is 60.8 Å². The SMILES string of the molecule is [N-]=[N+]=NC1=CC=CSN1. The smallest absolute Gasteiger partial charge is 0.108 e. The van der Waals surface area contributed by atoms with Crippen molar-refractivity contribution in [3.63, 3.8) is 0 Å². The van der Waals surface area contributed by atoms with Crippen molar-refractivity contribution in [3.8, 4) is 0 Å². The standard InChI is InChI=1S/C4H4N4S/c5-8-6-4-2-1-3-9-7-4/h1-3,7H. The van der Waals surface area contributed by atoms with Gasteiger partial charge in [-0.05, 0) is 34.1 Å². The lowest BCUT2D eigenvalue weighted by Crippen LogP contribution is -1.99. The van der Waals surface area contributed by atoms with Gasteiger partial charge in [-0.15, -0.1) is 0 Å². The van der Waals surface area contributed by atoms with E-state index in [2.05, 4.69) is 14.7 Å². The lowest BCUT2D eigenvalue weighted by molar-refractivity contribution is 1.13. The Balaban J connectivity index is 2.68. The van der Waals surface area contributed by atoms with Crippen molar-refractivity contribution in [2.75, 3.05) is 0 Å². The Morgan fingerprint density at radius 2 is 2.67 bits per heavy atom. The van der Waals surface area contributed by atoms with E-state index in [0.717, 1.165) is 0 Å². The van der Waals surface area contributed by atoms with Crippen LogP contribution in [0.3, 0.4) is 0 Å². The van der Waals surface area contributed by atoms with Gasteiger partial charge in [-0.2, -0.15) is 0 Å². The van der Waals surface area contributed by atoms with Crippen molar-refractivity contribution in [1.82, 2.24) is 4.72 Å². The van der Waals surface area contributed by atoms with E-state index in [4.69, 9.17) is 5.53 Å². The zero-order valence-electron chi connectivity index (χ0n) is 4.48. The molecule has 0 fully saturated rings. The summed E-state index contributed by atoms with van der Waals surface area (Å²) in [7, 11) is 0. The number of azide groups is 1. The third-order valence-corrected chi connectivity index (χ3v) is 1.34. The maximum atomic E-state index is 7.96. The van der Waals surface area contributed by atoms with Crippen LogP contribution >= 0.6 is 11.9 Å². The quantitative estimate of drug-likeness (QED) is 0.262. The highest BCUT2D eigenvalue weighted by Gasteiger charge is 1.91. The van der Waals surface area contributed by atoms with E-state index in [9.17, 15) is 0 Å². The first-order chi connectivity index (χ1) is 4.43. The second-order valence-electron chi connectivity index (χ2n) is 1.29. The van der Waals surface area contributed by atoms with Gasteiger partial charge in [0.1, 0.15) is 5.82 Å². The predicted molar refractivity (Wildman–Crippen MR) is 37.1 cm³/mol. The molecule has 46 valence electrons. The molecule has 4 nitrogen and oxygen atoms in total. The van der Waals surface area contributed by atoms with Crippen molar-refractivity contribution in [2.45, 2.75) is 0 Å². The van der Waals surface area contributed by atoms with E-state index < -0.39 is 0 Å². The van der Waals surface area contributed by atoms with E-state index in [1.165, 1.54) is 11.9 Å². The van der Waals surface area contributed by atoms with E-state index in [-0.39, 0.29) is 0 Å². The second kappa shape index (κ2) is 3.06. The molecule has 0 aromatic carbocycles. The number of nitrogens with zero attached hydrogens (tertiary/aromatic N) is 3. The molecule has 1 N–H and O–H groups in total. The van der Waals surface area contributed by atoms with Gasteiger partial charge in [0.05, 0.1) is 0 Å². The van der Waals surface area contributed by atoms with Crippen molar-refractivity contribution in [3.05, 3.63) is 33.8 Å². The van der Waals surface area contributed by atoms with Gasteiger partial charge in [-0.25, -0.2) is 0 Å². The van der Waals surface area contributed by atoms with Gasteiger partial charge in [-0.1, -0.05) is 6.08 Å². The molecule has 0 radical (unpaired) electrons. The van der Waals surface area contributed by atoms with Crippen LogP contribution in [0.5, 0.6) is 0 Å². The monoisotopic (exact) mass is 140 g/mol. The summed E-state index contributed by atoms with van der Waals surface area (Å²) in [5.74, 6) is 0.546. The minimum Gasteiger partial charge on any atom is -0.324 e. The van der Waals surface area contributed by atoms with Crippen molar-refractivity contribution in [2.24, 2.45) is 5.11 Å². The molecule has 0 bridgehead atoms. The van der Waals surface area contributed by atoms with E-state index >= 15 is 0 Å². The molecule has 0 saturated heterocycles. The summed E-state index contributed by atoms with van der Waals surface area (Å²) >= 11 is 1.38. The van der Waals surface area contributed by atoms with Gasteiger partial charge in [-0.3, -0.25) is 0 Å². The summed E-state index contributed by atoms with van der Waals surface area (Å²) in [4.78, 5) is 2.61. The second-order valence-corrected chi connectivity index (χ2v) is 2.00. The summed E-state index contributed by atoms with van der Waals surface area (Å²) < 4.78 is 2.79. The Morgan fingerprint density at radius 3 is 3.22 bits per heavy atom. The molecule has 0 atom stereocenters. The van der Waals surface area contributed by atoms with Crippen LogP contribution in [0.2, 0.25) is 0 Å². The first-order valence-corrected chi connectivity index (χ1v) is 3.15. The fourth-order valence-electron chi connectivity index (χ4n) is 0.400. The summed E-state index contributed by atoms with van der Waals surface area (Å²) in [5.41, 5.74) is 7.96. The van der Waals surface area contributed by atoms with Crippen LogP contribution in [-0.2, 0) is 0 Å². The molecule has 0 amide bonds. The molecule has 1 heterocycles. The highest BCUT2D eigenvalue weighted by molar-refractivity contribution is 8.00. The molecule has 1 aliphatic heterocycles. The Morgan fingerprint density at radius 1 is 1.78 bits per heavy atom. The fraction of sp³-hybridized carbons (Fsp3) is 0. The van der Waals surface area contributed by atoms with Crippen LogP contribution in [0.1, 0.15) is 0 Å². The highest BCUT2D eigenvalue weighted by atomic mass is 32.2. The van der Waals surface area contributed by atoms with E-state index in [1.807, 2.05) is 11.5 Å². The maximum absolute atomic E-state index is 7.96. The van der Waals surface area contributed by atoms with Crippen LogP contribution < -0.4 is 4.72 Å². The normalized spacial score (nSPS) is 15.3. The van der Waals surface area contributed by atoms with Crippen molar-refractivity contribution >= 4 is 11.9 Å². The van der Waals surface area contributed by atoms with Gasteiger partial charge in [0, 0.05) is 4.91 Å². The molecule has 0 aromatic rings. The van der Waals surface area contributed by atoms with Crippen molar-refractivity contribution < 1.29 is 0 Å². The Labute approximate surface area is 56.4 Å².